The van der Waals surface area contributed by atoms with Crippen molar-refractivity contribution in [2.45, 2.75) is 52.5 Å². The van der Waals surface area contributed by atoms with Crippen molar-refractivity contribution in [2.75, 3.05) is 6.54 Å². The molecule has 1 saturated carbocycles. The monoisotopic (exact) mass is 169 g/mol. The Morgan fingerprint density at radius 2 is 2.00 bits per heavy atom. The number of nitrogens with one attached hydrogen (secondary N) is 1. The van der Waals surface area contributed by atoms with E-state index in [-0.39, 0.29) is 0 Å². The summed E-state index contributed by atoms with van der Waals surface area (Å²) in [6, 6.07) is 0. The van der Waals surface area contributed by atoms with Crippen molar-refractivity contribution < 1.29 is 0 Å². The molecule has 0 aromatic heterocycles. The maximum atomic E-state index is 3.64. The van der Waals surface area contributed by atoms with Crippen LogP contribution in [0.5, 0.6) is 0 Å². The van der Waals surface area contributed by atoms with Gasteiger partial charge in [0.15, 0.2) is 0 Å². The molecule has 0 bridgehead atoms. The normalized spacial score (nSPS) is 30.0. The topological polar surface area (TPSA) is 12.0 Å². The smallest absolute Gasteiger partial charge is 0.0155 e. The summed E-state index contributed by atoms with van der Waals surface area (Å²) in [6.07, 6.45) is 4.09. The Labute approximate surface area is 76.9 Å². The molecule has 0 amide bonds. The first-order valence-electron chi connectivity index (χ1n) is 5.33. The first kappa shape index (κ1) is 10.0. The Kier molecular flexibility index (Phi) is 3.16. The molecule has 0 aromatic carbocycles. The van der Waals surface area contributed by atoms with Gasteiger partial charge in [-0.1, -0.05) is 20.3 Å². The summed E-state index contributed by atoms with van der Waals surface area (Å²) in [5.41, 5.74) is 0.369. The van der Waals surface area contributed by atoms with Gasteiger partial charge in [0, 0.05) is 5.54 Å². The SMILES string of the molecule is CCCNC(C)(C)C1CCC1C. The number of rotatable bonds is 4. The number of hydrogen-bond donors (Lipinski definition) is 1. The van der Waals surface area contributed by atoms with E-state index in [1.807, 2.05) is 0 Å². The van der Waals surface area contributed by atoms with Crippen LogP contribution in [0.3, 0.4) is 0 Å². The van der Waals surface area contributed by atoms with Gasteiger partial charge in [0.1, 0.15) is 0 Å². The molecule has 2 atom stereocenters. The minimum atomic E-state index is 0.369. The van der Waals surface area contributed by atoms with Crippen molar-refractivity contribution in [3.63, 3.8) is 0 Å². The Balaban J connectivity index is 2.35. The van der Waals surface area contributed by atoms with Crippen LogP contribution >= 0.6 is 0 Å². The molecule has 0 radical (unpaired) electrons. The third-order valence-corrected chi connectivity index (χ3v) is 3.38. The zero-order valence-electron chi connectivity index (χ0n) is 8.98. The standard InChI is InChI=1S/C11H23N/c1-5-8-12-11(3,4)10-7-6-9(10)2/h9-10,12H,5-8H2,1-4H3. The zero-order chi connectivity index (χ0) is 9.19. The quantitative estimate of drug-likeness (QED) is 0.682. The fourth-order valence-electron chi connectivity index (χ4n) is 2.32. The van der Waals surface area contributed by atoms with E-state index in [0.29, 0.717) is 5.54 Å². The molecule has 2 unspecified atom stereocenters. The van der Waals surface area contributed by atoms with Crippen molar-refractivity contribution in [3.05, 3.63) is 0 Å². The minimum absolute atomic E-state index is 0.369. The molecule has 1 heteroatoms. The van der Waals surface area contributed by atoms with Crippen molar-refractivity contribution in [1.82, 2.24) is 5.32 Å². The van der Waals surface area contributed by atoms with Crippen molar-refractivity contribution >= 4 is 0 Å². The van der Waals surface area contributed by atoms with E-state index >= 15 is 0 Å². The molecular weight excluding hydrogens is 146 g/mol. The van der Waals surface area contributed by atoms with Gasteiger partial charge in [-0.2, -0.15) is 0 Å². The summed E-state index contributed by atoms with van der Waals surface area (Å²) in [5, 5.41) is 3.64. The van der Waals surface area contributed by atoms with E-state index in [2.05, 4.69) is 33.0 Å². The lowest BCUT2D eigenvalue weighted by molar-refractivity contribution is 0.0878. The highest BCUT2D eigenvalue weighted by Gasteiger charge is 2.38. The van der Waals surface area contributed by atoms with Gasteiger partial charge in [-0.15, -0.1) is 0 Å². The maximum absolute atomic E-state index is 3.64. The third-order valence-electron chi connectivity index (χ3n) is 3.38. The average molecular weight is 169 g/mol. The Hall–Kier alpha value is -0.0400. The van der Waals surface area contributed by atoms with Crippen LogP contribution in [0.15, 0.2) is 0 Å². The summed E-state index contributed by atoms with van der Waals surface area (Å²) in [7, 11) is 0. The Bertz CT molecular complexity index is 140. The summed E-state index contributed by atoms with van der Waals surface area (Å²) < 4.78 is 0. The van der Waals surface area contributed by atoms with E-state index in [0.717, 1.165) is 18.4 Å². The number of hydrogen-bond acceptors (Lipinski definition) is 1. The highest BCUT2D eigenvalue weighted by Crippen LogP contribution is 2.41. The maximum Gasteiger partial charge on any atom is 0.0155 e. The molecule has 0 saturated heterocycles. The van der Waals surface area contributed by atoms with Crippen LogP contribution in [0.1, 0.15) is 47.0 Å². The van der Waals surface area contributed by atoms with Crippen LogP contribution in [0, 0.1) is 11.8 Å². The molecular formula is C11H23N. The fourth-order valence-corrected chi connectivity index (χ4v) is 2.32. The molecule has 1 fully saturated rings. The van der Waals surface area contributed by atoms with Crippen LogP contribution in [-0.2, 0) is 0 Å². The van der Waals surface area contributed by atoms with E-state index in [4.69, 9.17) is 0 Å². The van der Waals surface area contributed by atoms with E-state index in [9.17, 15) is 0 Å². The van der Waals surface area contributed by atoms with Gasteiger partial charge in [0.25, 0.3) is 0 Å². The average Bonchev–Trinajstić information content (AvgIpc) is 1.97. The van der Waals surface area contributed by atoms with Gasteiger partial charge < -0.3 is 5.32 Å². The third kappa shape index (κ3) is 2.01. The fraction of sp³-hybridized carbons (Fsp3) is 1.00. The van der Waals surface area contributed by atoms with Crippen molar-refractivity contribution in [1.29, 1.82) is 0 Å². The van der Waals surface area contributed by atoms with E-state index < -0.39 is 0 Å². The first-order valence-corrected chi connectivity index (χ1v) is 5.33. The second-order valence-corrected chi connectivity index (χ2v) is 4.81. The lowest BCUT2D eigenvalue weighted by atomic mass is 9.65. The predicted molar refractivity (Wildman–Crippen MR) is 54.3 cm³/mol. The molecule has 0 aliphatic heterocycles. The van der Waals surface area contributed by atoms with E-state index in [1.54, 1.807) is 0 Å². The first-order chi connectivity index (χ1) is 5.58. The summed E-state index contributed by atoms with van der Waals surface area (Å²) >= 11 is 0. The molecule has 0 spiro atoms. The van der Waals surface area contributed by atoms with Crippen LogP contribution in [0.4, 0.5) is 0 Å². The van der Waals surface area contributed by atoms with Gasteiger partial charge in [-0.3, -0.25) is 0 Å². The van der Waals surface area contributed by atoms with Gasteiger partial charge >= 0.3 is 0 Å². The van der Waals surface area contributed by atoms with Crippen LogP contribution < -0.4 is 5.32 Å². The molecule has 1 aliphatic rings. The van der Waals surface area contributed by atoms with E-state index in [1.165, 1.54) is 19.3 Å². The van der Waals surface area contributed by atoms with Crippen molar-refractivity contribution in [3.8, 4) is 0 Å². The highest BCUT2D eigenvalue weighted by molar-refractivity contribution is 4.94. The largest absolute Gasteiger partial charge is 0.312 e. The molecule has 1 nitrogen and oxygen atoms in total. The molecule has 72 valence electrons. The van der Waals surface area contributed by atoms with Gasteiger partial charge in [0.2, 0.25) is 0 Å². The Morgan fingerprint density at radius 3 is 2.33 bits per heavy atom. The molecule has 0 heterocycles. The van der Waals surface area contributed by atoms with Crippen LogP contribution in [0.2, 0.25) is 0 Å². The Morgan fingerprint density at radius 1 is 1.33 bits per heavy atom. The molecule has 12 heavy (non-hydrogen) atoms. The molecule has 0 aromatic rings. The second kappa shape index (κ2) is 3.78. The zero-order valence-corrected chi connectivity index (χ0v) is 8.98. The van der Waals surface area contributed by atoms with Gasteiger partial charge in [-0.25, -0.2) is 0 Å². The van der Waals surface area contributed by atoms with Crippen LogP contribution in [0.25, 0.3) is 0 Å². The minimum Gasteiger partial charge on any atom is -0.312 e. The second-order valence-electron chi connectivity index (χ2n) is 4.81. The lowest BCUT2D eigenvalue weighted by Gasteiger charge is -2.46. The summed E-state index contributed by atoms with van der Waals surface area (Å²) in [5.74, 6) is 1.84. The van der Waals surface area contributed by atoms with Gasteiger partial charge in [0.05, 0.1) is 0 Å². The molecule has 1 rings (SSSR count). The molecule has 1 N–H and O–H groups in total. The summed E-state index contributed by atoms with van der Waals surface area (Å²) in [6.45, 7) is 10.5. The highest BCUT2D eigenvalue weighted by atomic mass is 15.0. The van der Waals surface area contributed by atoms with Crippen molar-refractivity contribution in [2.24, 2.45) is 11.8 Å². The summed E-state index contributed by atoms with van der Waals surface area (Å²) in [4.78, 5) is 0. The van der Waals surface area contributed by atoms with Gasteiger partial charge in [-0.05, 0) is 45.1 Å². The molecule has 1 aliphatic carbocycles. The lowest BCUT2D eigenvalue weighted by Crippen LogP contribution is -2.52. The van der Waals surface area contributed by atoms with Crippen LogP contribution in [-0.4, -0.2) is 12.1 Å². The predicted octanol–water partition coefficient (Wildman–Crippen LogP) is 2.81.